The van der Waals surface area contributed by atoms with Gasteiger partial charge in [0.1, 0.15) is 0 Å². The van der Waals surface area contributed by atoms with E-state index in [2.05, 4.69) is 25.6 Å². The van der Waals surface area contributed by atoms with Gasteiger partial charge in [-0.25, -0.2) is 0 Å². The third kappa shape index (κ3) is 1.84. The number of aryl methyl sites for hydroxylation is 1. The summed E-state index contributed by atoms with van der Waals surface area (Å²) in [7, 11) is 0.429. The molecule has 0 fully saturated rings. The lowest BCUT2D eigenvalue weighted by molar-refractivity contribution is 0.438. The molecular weight excluding hydrogens is 164 g/mol. The molecule has 1 nitrogen and oxygen atoms in total. The van der Waals surface area contributed by atoms with Crippen molar-refractivity contribution in [3.05, 3.63) is 42.1 Å². The molecule has 0 saturated heterocycles. The van der Waals surface area contributed by atoms with E-state index >= 15 is 0 Å². The molecule has 0 aromatic heterocycles. The molecular formula is C10H14OSi. The maximum atomic E-state index is 5.39. The highest BCUT2D eigenvalue weighted by Crippen LogP contribution is 1.97. The van der Waals surface area contributed by atoms with E-state index < -0.39 is 9.04 Å². The Morgan fingerprint density at radius 1 is 1.42 bits per heavy atom. The van der Waals surface area contributed by atoms with Crippen LogP contribution >= 0.6 is 0 Å². The number of benzene rings is 1. The van der Waals surface area contributed by atoms with Gasteiger partial charge in [0.2, 0.25) is 9.04 Å². The standard InChI is InChI=1S/C10H14OSi/c1-4-12(11-3)10-8-6-5-7-9(10)2/h4-8,12H,1H2,2-3H3. The lowest BCUT2D eigenvalue weighted by Crippen LogP contribution is -2.32. The molecule has 0 amide bonds. The monoisotopic (exact) mass is 178 g/mol. The van der Waals surface area contributed by atoms with Crippen LogP contribution in [0.1, 0.15) is 5.56 Å². The minimum atomic E-state index is -1.33. The second-order valence-corrected chi connectivity index (χ2v) is 5.15. The fourth-order valence-corrected chi connectivity index (χ4v) is 2.80. The lowest BCUT2D eigenvalue weighted by Gasteiger charge is -2.10. The average Bonchev–Trinajstić information content (AvgIpc) is 2.10. The zero-order valence-electron chi connectivity index (χ0n) is 7.58. The Balaban J connectivity index is 3.00. The van der Waals surface area contributed by atoms with Crippen LogP contribution in [0.25, 0.3) is 0 Å². The molecule has 2 heteroatoms. The Labute approximate surface area is 75.4 Å². The van der Waals surface area contributed by atoms with Gasteiger partial charge in [-0.05, 0) is 17.7 Å². The van der Waals surface area contributed by atoms with Gasteiger partial charge in [0, 0.05) is 7.11 Å². The Hall–Kier alpha value is -0.863. The van der Waals surface area contributed by atoms with E-state index in [0.29, 0.717) is 0 Å². The van der Waals surface area contributed by atoms with E-state index in [9.17, 15) is 0 Å². The summed E-state index contributed by atoms with van der Waals surface area (Å²) in [4.78, 5) is 0. The zero-order chi connectivity index (χ0) is 8.97. The summed E-state index contributed by atoms with van der Waals surface area (Å²) in [6.07, 6.45) is 0. The summed E-state index contributed by atoms with van der Waals surface area (Å²) in [5, 5.41) is 1.33. The smallest absolute Gasteiger partial charge is 0.231 e. The highest BCUT2D eigenvalue weighted by molar-refractivity contribution is 6.72. The van der Waals surface area contributed by atoms with Crippen molar-refractivity contribution in [1.82, 2.24) is 0 Å². The largest absolute Gasteiger partial charge is 0.415 e. The van der Waals surface area contributed by atoms with Crippen molar-refractivity contribution >= 4 is 14.2 Å². The molecule has 0 bridgehead atoms. The van der Waals surface area contributed by atoms with E-state index in [0.717, 1.165) is 0 Å². The van der Waals surface area contributed by atoms with Gasteiger partial charge in [-0.3, -0.25) is 0 Å². The Morgan fingerprint density at radius 3 is 2.58 bits per heavy atom. The average molecular weight is 178 g/mol. The van der Waals surface area contributed by atoms with Gasteiger partial charge >= 0.3 is 0 Å². The number of hydrogen-bond donors (Lipinski definition) is 0. The molecule has 1 rings (SSSR count). The van der Waals surface area contributed by atoms with Crippen LogP contribution in [0.5, 0.6) is 0 Å². The molecule has 0 radical (unpaired) electrons. The minimum Gasteiger partial charge on any atom is -0.415 e. The van der Waals surface area contributed by atoms with Crippen LogP contribution in [-0.4, -0.2) is 16.2 Å². The van der Waals surface area contributed by atoms with Gasteiger partial charge in [-0.15, -0.1) is 6.58 Å². The molecule has 0 spiro atoms. The van der Waals surface area contributed by atoms with Crippen LogP contribution in [0.3, 0.4) is 0 Å². The van der Waals surface area contributed by atoms with Crippen molar-refractivity contribution in [2.75, 3.05) is 7.11 Å². The summed E-state index contributed by atoms with van der Waals surface area (Å²) >= 11 is 0. The molecule has 64 valence electrons. The fourth-order valence-electron chi connectivity index (χ4n) is 1.26. The van der Waals surface area contributed by atoms with Crippen LogP contribution in [0.4, 0.5) is 0 Å². The second-order valence-electron chi connectivity index (χ2n) is 2.75. The number of rotatable bonds is 3. The van der Waals surface area contributed by atoms with Crippen molar-refractivity contribution in [2.45, 2.75) is 6.92 Å². The van der Waals surface area contributed by atoms with Crippen LogP contribution in [0.2, 0.25) is 0 Å². The fraction of sp³-hybridized carbons (Fsp3) is 0.200. The van der Waals surface area contributed by atoms with E-state index in [1.165, 1.54) is 10.8 Å². The van der Waals surface area contributed by atoms with Crippen LogP contribution in [-0.2, 0) is 4.43 Å². The quantitative estimate of drug-likeness (QED) is 0.634. The Kier molecular flexibility index (Phi) is 3.26. The summed E-state index contributed by atoms with van der Waals surface area (Å²) in [6, 6.07) is 8.32. The van der Waals surface area contributed by atoms with Crippen LogP contribution < -0.4 is 5.19 Å². The number of hydrogen-bond acceptors (Lipinski definition) is 1. The zero-order valence-corrected chi connectivity index (χ0v) is 8.73. The predicted octanol–water partition coefficient (Wildman–Crippen LogP) is 1.30. The molecule has 0 aliphatic rings. The van der Waals surface area contributed by atoms with E-state index in [4.69, 9.17) is 4.43 Å². The van der Waals surface area contributed by atoms with Crippen molar-refractivity contribution in [1.29, 1.82) is 0 Å². The van der Waals surface area contributed by atoms with E-state index in [1.54, 1.807) is 7.11 Å². The van der Waals surface area contributed by atoms with Crippen molar-refractivity contribution < 1.29 is 4.43 Å². The molecule has 1 unspecified atom stereocenters. The predicted molar refractivity (Wildman–Crippen MR) is 55.2 cm³/mol. The molecule has 0 aliphatic carbocycles. The molecule has 1 aromatic carbocycles. The highest BCUT2D eigenvalue weighted by Gasteiger charge is 2.09. The van der Waals surface area contributed by atoms with Crippen LogP contribution in [0.15, 0.2) is 36.5 Å². The summed E-state index contributed by atoms with van der Waals surface area (Å²) < 4.78 is 5.39. The molecule has 1 aromatic rings. The Morgan fingerprint density at radius 2 is 2.08 bits per heavy atom. The summed E-state index contributed by atoms with van der Waals surface area (Å²) in [5.74, 6) is 0. The van der Waals surface area contributed by atoms with Gasteiger partial charge < -0.3 is 4.43 Å². The molecule has 0 heterocycles. The first kappa shape index (κ1) is 9.23. The second kappa shape index (κ2) is 4.23. The van der Waals surface area contributed by atoms with Crippen molar-refractivity contribution in [3.63, 3.8) is 0 Å². The lowest BCUT2D eigenvalue weighted by atomic mass is 10.2. The van der Waals surface area contributed by atoms with E-state index in [1.807, 2.05) is 17.8 Å². The van der Waals surface area contributed by atoms with Gasteiger partial charge in [0.15, 0.2) is 0 Å². The topological polar surface area (TPSA) is 9.23 Å². The van der Waals surface area contributed by atoms with E-state index in [-0.39, 0.29) is 0 Å². The van der Waals surface area contributed by atoms with Gasteiger partial charge in [-0.2, -0.15) is 0 Å². The first-order valence-corrected chi connectivity index (χ1v) is 5.72. The van der Waals surface area contributed by atoms with Gasteiger partial charge in [0.05, 0.1) is 0 Å². The minimum absolute atomic E-state index is 1.30. The summed E-state index contributed by atoms with van der Waals surface area (Å²) in [6.45, 7) is 5.90. The van der Waals surface area contributed by atoms with Crippen molar-refractivity contribution in [3.8, 4) is 0 Å². The van der Waals surface area contributed by atoms with Crippen molar-refractivity contribution in [2.24, 2.45) is 0 Å². The van der Waals surface area contributed by atoms with Gasteiger partial charge in [-0.1, -0.05) is 30.0 Å². The molecule has 0 aliphatic heterocycles. The molecule has 0 N–H and O–H groups in total. The third-order valence-electron chi connectivity index (χ3n) is 1.96. The first-order valence-electron chi connectivity index (χ1n) is 4.00. The van der Waals surface area contributed by atoms with Gasteiger partial charge in [0.25, 0.3) is 0 Å². The maximum Gasteiger partial charge on any atom is 0.231 e. The maximum absolute atomic E-state index is 5.39. The highest BCUT2D eigenvalue weighted by atomic mass is 28.3. The van der Waals surface area contributed by atoms with Crippen LogP contribution in [0, 0.1) is 6.92 Å². The third-order valence-corrected chi connectivity index (χ3v) is 4.16. The Bertz CT molecular complexity index is 270. The molecule has 12 heavy (non-hydrogen) atoms. The first-order chi connectivity index (χ1) is 5.79. The SMILES string of the molecule is C=C[SiH](OC)c1ccccc1C. The molecule has 1 atom stereocenters. The normalized spacial score (nSPS) is 12.5. The summed E-state index contributed by atoms with van der Waals surface area (Å²) in [5.41, 5.74) is 3.25. The molecule has 0 saturated carbocycles.